The molecule has 18 heavy (non-hydrogen) atoms. The zero-order valence-corrected chi connectivity index (χ0v) is 12.9. The van der Waals surface area contributed by atoms with Crippen molar-refractivity contribution in [2.45, 2.75) is 45.6 Å². The summed E-state index contributed by atoms with van der Waals surface area (Å²) in [5, 5.41) is 8.65. The number of hydrogen-bond donors (Lipinski definition) is 1. The van der Waals surface area contributed by atoms with Gasteiger partial charge < -0.3 is 5.32 Å². The highest BCUT2D eigenvalue weighted by Gasteiger charge is 2.19. The molecule has 2 aromatic heterocycles. The first-order chi connectivity index (χ1) is 8.45. The van der Waals surface area contributed by atoms with Gasteiger partial charge in [0.15, 0.2) is 0 Å². The number of rotatable bonds is 4. The molecule has 2 rings (SSSR count). The molecule has 1 N–H and O–H groups in total. The van der Waals surface area contributed by atoms with E-state index < -0.39 is 0 Å². The zero-order valence-electron chi connectivity index (χ0n) is 11.2. The maximum Gasteiger partial charge on any atom is 0.202 e. The molecule has 0 spiro atoms. The number of nitrogens with one attached hydrogen (secondary N) is 1. The summed E-state index contributed by atoms with van der Waals surface area (Å²) in [5.41, 5.74) is 1.40. The molecule has 0 amide bonds. The van der Waals surface area contributed by atoms with E-state index in [-0.39, 0.29) is 5.41 Å². The second-order valence-corrected chi connectivity index (χ2v) is 7.09. The van der Waals surface area contributed by atoms with Crippen molar-refractivity contribution in [1.29, 1.82) is 0 Å². The van der Waals surface area contributed by atoms with Crippen LogP contribution in [-0.2, 0) is 11.8 Å². The van der Waals surface area contributed by atoms with Crippen molar-refractivity contribution in [1.82, 2.24) is 9.36 Å². The Kier molecular flexibility index (Phi) is 4.02. The summed E-state index contributed by atoms with van der Waals surface area (Å²) in [7, 11) is 0. The van der Waals surface area contributed by atoms with Crippen LogP contribution in [0.25, 0.3) is 0 Å². The lowest BCUT2D eigenvalue weighted by molar-refractivity contribution is 0.555. The molecule has 0 aliphatic carbocycles. The lowest BCUT2D eigenvalue weighted by Crippen LogP contribution is -2.18. The molecule has 2 heterocycles. The molecule has 0 bridgehead atoms. The molecule has 3 nitrogen and oxygen atoms in total. The van der Waals surface area contributed by atoms with Crippen LogP contribution in [0.5, 0.6) is 0 Å². The summed E-state index contributed by atoms with van der Waals surface area (Å²) in [6.07, 6.45) is 1.02. The third kappa shape index (κ3) is 3.53. The van der Waals surface area contributed by atoms with E-state index >= 15 is 0 Å². The first kappa shape index (κ1) is 13.5. The zero-order chi connectivity index (χ0) is 13.2. The number of hydrogen-bond acceptors (Lipinski definition) is 5. The summed E-state index contributed by atoms with van der Waals surface area (Å²) in [6, 6.07) is 2.55. The molecule has 0 aromatic carbocycles. The molecule has 2 aromatic rings. The number of thiophene rings is 1. The molecule has 0 radical (unpaired) electrons. The van der Waals surface area contributed by atoms with Crippen molar-refractivity contribution in [3.8, 4) is 0 Å². The van der Waals surface area contributed by atoms with E-state index in [1.54, 1.807) is 11.3 Å². The van der Waals surface area contributed by atoms with E-state index in [9.17, 15) is 0 Å². The van der Waals surface area contributed by atoms with Crippen molar-refractivity contribution >= 4 is 28.0 Å². The van der Waals surface area contributed by atoms with Crippen molar-refractivity contribution in [3.05, 3.63) is 28.2 Å². The van der Waals surface area contributed by atoms with Crippen LogP contribution in [0.4, 0.5) is 5.13 Å². The van der Waals surface area contributed by atoms with Crippen LogP contribution in [0, 0.1) is 0 Å². The highest BCUT2D eigenvalue weighted by molar-refractivity contribution is 7.09. The Balaban J connectivity index is 1.95. The Hall–Kier alpha value is -0.940. The van der Waals surface area contributed by atoms with Crippen molar-refractivity contribution in [2.75, 3.05) is 5.32 Å². The third-order valence-electron chi connectivity index (χ3n) is 2.59. The Bertz CT molecular complexity index is 483. The minimum atomic E-state index is 0.0209. The molecule has 0 saturated heterocycles. The summed E-state index contributed by atoms with van der Waals surface area (Å²) < 4.78 is 4.41. The van der Waals surface area contributed by atoms with Crippen LogP contribution in [0.1, 0.15) is 39.1 Å². The smallest absolute Gasteiger partial charge is 0.202 e. The van der Waals surface area contributed by atoms with Gasteiger partial charge in [-0.05, 0) is 35.7 Å². The fourth-order valence-electron chi connectivity index (χ4n) is 1.61. The largest absolute Gasteiger partial charge is 0.357 e. The highest BCUT2D eigenvalue weighted by atomic mass is 32.1. The van der Waals surface area contributed by atoms with Gasteiger partial charge in [0.1, 0.15) is 5.82 Å². The SMILES string of the molecule is CC(Cc1ccsc1)Nc1nc(C(C)(C)C)ns1. The second kappa shape index (κ2) is 5.36. The Morgan fingerprint density at radius 1 is 1.39 bits per heavy atom. The van der Waals surface area contributed by atoms with Crippen molar-refractivity contribution < 1.29 is 0 Å². The summed E-state index contributed by atoms with van der Waals surface area (Å²) in [6.45, 7) is 8.57. The molecule has 1 unspecified atom stereocenters. The normalized spacial score (nSPS) is 13.6. The van der Waals surface area contributed by atoms with Gasteiger partial charge in [-0.2, -0.15) is 15.7 Å². The van der Waals surface area contributed by atoms with Gasteiger partial charge in [-0.1, -0.05) is 20.8 Å². The summed E-state index contributed by atoms with van der Waals surface area (Å²) in [5.74, 6) is 0.915. The minimum Gasteiger partial charge on any atom is -0.357 e. The Labute approximate surface area is 116 Å². The summed E-state index contributed by atoms with van der Waals surface area (Å²) in [4.78, 5) is 4.55. The average molecular weight is 281 g/mol. The predicted octanol–water partition coefficient (Wildman–Crippen LogP) is 3.94. The van der Waals surface area contributed by atoms with E-state index in [2.05, 4.69) is 59.2 Å². The van der Waals surface area contributed by atoms with Gasteiger partial charge >= 0.3 is 0 Å². The minimum absolute atomic E-state index is 0.0209. The Morgan fingerprint density at radius 2 is 2.17 bits per heavy atom. The van der Waals surface area contributed by atoms with Gasteiger partial charge in [-0.25, -0.2) is 4.98 Å². The van der Waals surface area contributed by atoms with Crippen LogP contribution in [0.3, 0.4) is 0 Å². The lowest BCUT2D eigenvalue weighted by Gasteiger charge is -2.13. The molecule has 0 aliphatic rings. The van der Waals surface area contributed by atoms with E-state index in [1.807, 2.05) is 0 Å². The number of anilines is 1. The maximum absolute atomic E-state index is 4.55. The van der Waals surface area contributed by atoms with Crippen LogP contribution in [0.15, 0.2) is 16.8 Å². The monoisotopic (exact) mass is 281 g/mol. The van der Waals surface area contributed by atoms with E-state index in [1.165, 1.54) is 17.1 Å². The molecule has 0 saturated carbocycles. The fraction of sp³-hybridized carbons (Fsp3) is 0.538. The predicted molar refractivity (Wildman–Crippen MR) is 79.7 cm³/mol. The quantitative estimate of drug-likeness (QED) is 0.922. The van der Waals surface area contributed by atoms with Crippen LogP contribution >= 0.6 is 22.9 Å². The van der Waals surface area contributed by atoms with Crippen LogP contribution in [-0.4, -0.2) is 15.4 Å². The Morgan fingerprint density at radius 3 is 2.72 bits per heavy atom. The van der Waals surface area contributed by atoms with Crippen molar-refractivity contribution in [3.63, 3.8) is 0 Å². The third-order valence-corrected chi connectivity index (χ3v) is 3.97. The van der Waals surface area contributed by atoms with Crippen LogP contribution in [0.2, 0.25) is 0 Å². The molecule has 1 atom stereocenters. The maximum atomic E-state index is 4.55. The molecule has 0 aliphatic heterocycles. The van der Waals surface area contributed by atoms with Gasteiger partial charge in [-0.15, -0.1) is 0 Å². The molecule has 0 fully saturated rings. The molecular weight excluding hydrogens is 262 g/mol. The van der Waals surface area contributed by atoms with Gasteiger partial charge in [-0.3, -0.25) is 0 Å². The topological polar surface area (TPSA) is 37.8 Å². The van der Waals surface area contributed by atoms with Crippen LogP contribution < -0.4 is 5.32 Å². The second-order valence-electron chi connectivity index (χ2n) is 5.55. The van der Waals surface area contributed by atoms with E-state index in [4.69, 9.17) is 0 Å². The van der Waals surface area contributed by atoms with E-state index in [0.717, 1.165) is 17.4 Å². The molecule has 5 heteroatoms. The number of nitrogens with zero attached hydrogens (tertiary/aromatic N) is 2. The lowest BCUT2D eigenvalue weighted by atomic mass is 9.96. The first-order valence-corrected chi connectivity index (χ1v) is 7.78. The summed E-state index contributed by atoms with van der Waals surface area (Å²) >= 11 is 3.19. The van der Waals surface area contributed by atoms with Gasteiger partial charge in [0, 0.05) is 23.0 Å². The van der Waals surface area contributed by atoms with Gasteiger partial charge in [0.25, 0.3) is 0 Å². The standard InChI is InChI=1S/C13H19N3S2/c1-9(7-10-5-6-17-8-10)14-12-15-11(16-18-12)13(2,3)4/h5-6,8-9H,7H2,1-4H3,(H,14,15,16). The fourth-order valence-corrected chi connectivity index (χ4v) is 3.16. The van der Waals surface area contributed by atoms with Gasteiger partial charge in [0.2, 0.25) is 5.13 Å². The first-order valence-electron chi connectivity index (χ1n) is 6.07. The van der Waals surface area contributed by atoms with Crippen molar-refractivity contribution in [2.24, 2.45) is 0 Å². The highest BCUT2D eigenvalue weighted by Crippen LogP contribution is 2.23. The molecular formula is C13H19N3S2. The average Bonchev–Trinajstić information content (AvgIpc) is 2.87. The van der Waals surface area contributed by atoms with Gasteiger partial charge in [0.05, 0.1) is 0 Å². The number of aromatic nitrogens is 2. The van der Waals surface area contributed by atoms with E-state index in [0.29, 0.717) is 6.04 Å². The molecule has 98 valence electrons.